The smallest absolute Gasteiger partial charge is 0.263 e. The zero-order chi connectivity index (χ0) is 16.7. The molecule has 0 saturated carbocycles. The molecule has 0 saturated heterocycles. The first-order valence-corrected chi connectivity index (χ1v) is 7.16. The number of aromatic amines is 1. The van der Waals surface area contributed by atoms with Crippen LogP contribution in [0.15, 0.2) is 17.1 Å². The lowest BCUT2D eigenvalue weighted by atomic mass is 10.2. The molecule has 1 amide bonds. The summed E-state index contributed by atoms with van der Waals surface area (Å²) >= 11 is 0. The maximum absolute atomic E-state index is 12.2. The molecule has 0 aliphatic carbocycles. The molecular weight excluding hydrogens is 298 g/mol. The van der Waals surface area contributed by atoms with E-state index in [-0.39, 0.29) is 23.3 Å². The maximum Gasteiger partial charge on any atom is 0.263 e. The minimum absolute atomic E-state index is 0.143. The third-order valence-electron chi connectivity index (χ3n) is 3.40. The predicted octanol–water partition coefficient (Wildman–Crippen LogP) is 0.745. The van der Waals surface area contributed by atoms with E-state index in [1.54, 1.807) is 33.9 Å². The Morgan fingerprint density at radius 1 is 1.39 bits per heavy atom. The fourth-order valence-corrected chi connectivity index (χ4v) is 2.14. The Balaban J connectivity index is 2.13. The lowest BCUT2D eigenvalue weighted by Gasteiger charge is -2.09. The van der Waals surface area contributed by atoms with Gasteiger partial charge < -0.3 is 5.32 Å². The number of H-pyrrole nitrogens is 1. The number of anilines is 1. The van der Waals surface area contributed by atoms with Crippen molar-refractivity contribution in [3.8, 4) is 5.95 Å². The summed E-state index contributed by atoms with van der Waals surface area (Å²) < 4.78 is 2.92. The second-order valence-electron chi connectivity index (χ2n) is 5.62. The Morgan fingerprint density at radius 3 is 2.83 bits per heavy atom. The van der Waals surface area contributed by atoms with Crippen LogP contribution in [-0.4, -0.2) is 35.4 Å². The van der Waals surface area contributed by atoms with E-state index in [1.807, 2.05) is 0 Å². The van der Waals surface area contributed by atoms with Gasteiger partial charge in [-0.05, 0) is 6.92 Å². The number of carbonyl (C=O) groups is 1. The highest BCUT2D eigenvalue weighted by molar-refractivity contribution is 5.91. The van der Waals surface area contributed by atoms with Crippen LogP contribution in [0.25, 0.3) is 17.0 Å². The van der Waals surface area contributed by atoms with E-state index in [9.17, 15) is 9.59 Å². The molecule has 3 rings (SSSR count). The zero-order valence-corrected chi connectivity index (χ0v) is 13.3. The Labute approximate surface area is 131 Å². The Kier molecular flexibility index (Phi) is 3.47. The van der Waals surface area contributed by atoms with Gasteiger partial charge in [-0.3, -0.25) is 19.3 Å². The number of hydrogen-bond donors (Lipinski definition) is 2. The lowest BCUT2D eigenvalue weighted by molar-refractivity contribution is -0.118. The van der Waals surface area contributed by atoms with E-state index >= 15 is 0 Å². The van der Waals surface area contributed by atoms with E-state index in [0.29, 0.717) is 22.5 Å². The van der Waals surface area contributed by atoms with E-state index in [0.717, 1.165) is 0 Å². The average molecular weight is 315 g/mol. The van der Waals surface area contributed by atoms with Crippen LogP contribution in [-0.2, 0) is 11.8 Å². The summed E-state index contributed by atoms with van der Waals surface area (Å²) in [6, 6.07) is 1.72. The second-order valence-corrected chi connectivity index (χ2v) is 5.62. The van der Waals surface area contributed by atoms with Gasteiger partial charge in [-0.1, -0.05) is 13.8 Å². The SMILES string of the molecule is Cc1cc(NC(=O)C(C)C)n(-c2nc3c(cnn3C)c(=O)[nH]2)n1. The summed E-state index contributed by atoms with van der Waals surface area (Å²) in [7, 11) is 1.70. The van der Waals surface area contributed by atoms with Crippen molar-refractivity contribution < 1.29 is 4.79 Å². The maximum atomic E-state index is 12.2. The number of nitrogens with zero attached hydrogens (tertiary/aromatic N) is 5. The van der Waals surface area contributed by atoms with Crippen molar-refractivity contribution in [3.05, 3.63) is 28.3 Å². The van der Waals surface area contributed by atoms with Crippen molar-refractivity contribution in [2.45, 2.75) is 20.8 Å². The van der Waals surface area contributed by atoms with Gasteiger partial charge in [0, 0.05) is 19.0 Å². The van der Waals surface area contributed by atoms with E-state index in [1.165, 1.54) is 15.6 Å². The summed E-state index contributed by atoms with van der Waals surface area (Å²) in [5.41, 5.74) is 0.822. The number of nitrogens with one attached hydrogen (secondary N) is 2. The van der Waals surface area contributed by atoms with Crippen molar-refractivity contribution in [3.63, 3.8) is 0 Å². The molecule has 9 nitrogen and oxygen atoms in total. The van der Waals surface area contributed by atoms with Gasteiger partial charge in [0.25, 0.3) is 5.56 Å². The number of aromatic nitrogens is 6. The molecule has 0 radical (unpaired) electrons. The van der Waals surface area contributed by atoms with Crippen LogP contribution >= 0.6 is 0 Å². The van der Waals surface area contributed by atoms with Crippen LogP contribution in [0, 0.1) is 12.8 Å². The Morgan fingerprint density at radius 2 is 2.13 bits per heavy atom. The molecule has 9 heteroatoms. The van der Waals surface area contributed by atoms with Gasteiger partial charge >= 0.3 is 0 Å². The number of fused-ring (bicyclic) bond motifs is 1. The number of aryl methyl sites for hydroxylation is 2. The summed E-state index contributed by atoms with van der Waals surface area (Å²) in [5.74, 6) is 0.351. The molecule has 0 aliphatic heterocycles. The number of hydrogen-bond acceptors (Lipinski definition) is 5. The summed E-state index contributed by atoms with van der Waals surface area (Å²) in [6.45, 7) is 5.39. The van der Waals surface area contributed by atoms with Crippen molar-refractivity contribution in [2.24, 2.45) is 13.0 Å². The highest BCUT2D eigenvalue weighted by Gasteiger charge is 2.16. The number of carbonyl (C=O) groups excluding carboxylic acids is 1. The van der Waals surface area contributed by atoms with Crippen LogP contribution in [0.5, 0.6) is 0 Å². The second kappa shape index (κ2) is 5.34. The van der Waals surface area contributed by atoms with Gasteiger partial charge in [0.15, 0.2) is 5.65 Å². The van der Waals surface area contributed by atoms with Crippen LogP contribution in [0.4, 0.5) is 5.82 Å². The molecule has 0 aromatic carbocycles. The van der Waals surface area contributed by atoms with Gasteiger partial charge in [-0.2, -0.15) is 19.9 Å². The summed E-state index contributed by atoms with van der Waals surface area (Å²) in [6.07, 6.45) is 1.46. The molecule has 3 aromatic heterocycles. The average Bonchev–Trinajstić information content (AvgIpc) is 3.03. The molecule has 0 fully saturated rings. The molecule has 0 atom stereocenters. The van der Waals surface area contributed by atoms with Gasteiger partial charge in [0.05, 0.1) is 11.9 Å². The quantitative estimate of drug-likeness (QED) is 0.741. The minimum atomic E-state index is -0.313. The molecule has 3 heterocycles. The zero-order valence-electron chi connectivity index (χ0n) is 13.3. The molecule has 0 spiro atoms. The highest BCUT2D eigenvalue weighted by Crippen LogP contribution is 2.16. The van der Waals surface area contributed by atoms with Gasteiger partial charge in [-0.25, -0.2) is 0 Å². The topological polar surface area (TPSA) is 110 Å². The molecule has 120 valence electrons. The Bertz CT molecular complexity index is 948. The molecule has 3 aromatic rings. The van der Waals surface area contributed by atoms with Gasteiger partial charge in [0.2, 0.25) is 11.9 Å². The van der Waals surface area contributed by atoms with E-state index in [4.69, 9.17) is 0 Å². The monoisotopic (exact) mass is 315 g/mol. The van der Waals surface area contributed by atoms with Crippen molar-refractivity contribution in [1.82, 2.24) is 29.5 Å². The molecule has 0 aliphatic rings. The van der Waals surface area contributed by atoms with Crippen LogP contribution in [0.3, 0.4) is 0 Å². The summed E-state index contributed by atoms with van der Waals surface area (Å²) in [5, 5.41) is 11.5. The molecule has 0 unspecified atom stereocenters. The number of rotatable bonds is 3. The third kappa shape index (κ3) is 2.60. The van der Waals surface area contributed by atoms with Crippen LogP contribution in [0.2, 0.25) is 0 Å². The number of amides is 1. The van der Waals surface area contributed by atoms with Crippen LogP contribution in [0.1, 0.15) is 19.5 Å². The van der Waals surface area contributed by atoms with Gasteiger partial charge in [-0.15, -0.1) is 0 Å². The lowest BCUT2D eigenvalue weighted by Crippen LogP contribution is -2.21. The normalized spacial score (nSPS) is 11.3. The Hall–Kier alpha value is -2.97. The standard InChI is InChI=1S/C14H17N7O2/c1-7(2)12(22)16-10-5-8(3)19-21(10)14-17-11-9(13(23)18-14)6-15-20(11)4/h5-7H,1-4H3,(H,16,22)(H,17,18,23). The molecule has 0 bridgehead atoms. The fraction of sp³-hybridized carbons (Fsp3) is 0.357. The predicted molar refractivity (Wildman–Crippen MR) is 84.5 cm³/mol. The van der Waals surface area contributed by atoms with Gasteiger partial charge in [0.1, 0.15) is 11.2 Å². The fourth-order valence-electron chi connectivity index (χ4n) is 2.14. The molecule has 2 N–H and O–H groups in total. The first-order chi connectivity index (χ1) is 10.9. The van der Waals surface area contributed by atoms with E-state index < -0.39 is 0 Å². The molecular formula is C14H17N7O2. The third-order valence-corrected chi connectivity index (χ3v) is 3.40. The first kappa shape index (κ1) is 14.9. The largest absolute Gasteiger partial charge is 0.310 e. The van der Waals surface area contributed by atoms with Crippen LogP contribution < -0.4 is 10.9 Å². The summed E-state index contributed by atoms with van der Waals surface area (Å²) in [4.78, 5) is 31.1. The molecule has 23 heavy (non-hydrogen) atoms. The van der Waals surface area contributed by atoms with Crippen molar-refractivity contribution >= 4 is 22.8 Å². The van der Waals surface area contributed by atoms with Crippen molar-refractivity contribution in [2.75, 3.05) is 5.32 Å². The van der Waals surface area contributed by atoms with E-state index in [2.05, 4.69) is 25.5 Å². The minimum Gasteiger partial charge on any atom is -0.310 e. The first-order valence-electron chi connectivity index (χ1n) is 7.16. The highest BCUT2D eigenvalue weighted by atomic mass is 16.2. The van der Waals surface area contributed by atoms with Crippen molar-refractivity contribution in [1.29, 1.82) is 0 Å².